The van der Waals surface area contributed by atoms with E-state index in [1.165, 1.54) is 18.4 Å². The zero-order valence-corrected chi connectivity index (χ0v) is 19.0. The molecule has 1 saturated carbocycles. The fourth-order valence-electron chi connectivity index (χ4n) is 2.70. The molecular weight excluding hydrogens is 495 g/mol. The molecular formula is C18H28BrIN4O. The van der Waals surface area contributed by atoms with Crippen LogP contribution >= 0.6 is 39.9 Å². The van der Waals surface area contributed by atoms with E-state index in [0.29, 0.717) is 13.0 Å². The molecule has 0 bridgehead atoms. The molecule has 0 atom stereocenters. The summed E-state index contributed by atoms with van der Waals surface area (Å²) in [5.74, 6) is 0.800. The van der Waals surface area contributed by atoms with Crippen molar-refractivity contribution in [3.8, 4) is 0 Å². The van der Waals surface area contributed by atoms with Gasteiger partial charge in [0.1, 0.15) is 0 Å². The van der Waals surface area contributed by atoms with Gasteiger partial charge in [0.25, 0.3) is 0 Å². The largest absolute Gasteiger partial charge is 0.356 e. The first-order valence-corrected chi connectivity index (χ1v) is 9.24. The van der Waals surface area contributed by atoms with Gasteiger partial charge in [0.15, 0.2) is 5.96 Å². The van der Waals surface area contributed by atoms with E-state index in [-0.39, 0.29) is 41.3 Å². The molecule has 1 aromatic carbocycles. The van der Waals surface area contributed by atoms with Gasteiger partial charge >= 0.3 is 0 Å². The van der Waals surface area contributed by atoms with Crippen LogP contribution in [0.1, 0.15) is 38.7 Å². The van der Waals surface area contributed by atoms with E-state index < -0.39 is 0 Å². The normalized spacial score (nSPS) is 15.3. The van der Waals surface area contributed by atoms with Crippen molar-refractivity contribution < 1.29 is 4.79 Å². The van der Waals surface area contributed by atoms with E-state index in [9.17, 15) is 4.79 Å². The molecule has 1 amide bonds. The number of nitrogens with one attached hydrogen (secondary N) is 3. The molecule has 5 nitrogen and oxygen atoms in total. The summed E-state index contributed by atoms with van der Waals surface area (Å²) in [4.78, 5) is 15.9. The number of guanidine groups is 1. The van der Waals surface area contributed by atoms with Crippen molar-refractivity contribution >= 4 is 51.8 Å². The van der Waals surface area contributed by atoms with Crippen LogP contribution in [-0.2, 0) is 10.2 Å². The Hall–Kier alpha value is -0.830. The highest BCUT2D eigenvalue weighted by atomic mass is 127. The van der Waals surface area contributed by atoms with Crippen LogP contribution in [0.25, 0.3) is 0 Å². The summed E-state index contributed by atoms with van der Waals surface area (Å²) in [6.07, 6.45) is 2.81. The summed E-state index contributed by atoms with van der Waals surface area (Å²) in [7, 11) is 1.75. The highest BCUT2D eigenvalue weighted by molar-refractivity contribution is 14.0. The van der Waals surface area contributed by atoms with Gasteiger partial charge in [0.05, 0.1) is 0 Å². The number of hydrogen-bond donors (Lipinski definition) is 3. The minimum absolute atomic E-state index is 0. The predicted molar refractivity (Wildman–Crippen MR) is 118 cm³/mol. The van der Waals surface area contributed by atoms with Crippen LogP contribution in [0, 0.1) is 0 Å². The molecule has 0 heterocycles. The van der Waals surface area contributed by atoms with Crippen LogP contribution in [0.4, 0.5) is 0 Å². The number of rotatable bonds is 7. The van der Waals surface area contributed by atoms with Gasteiger partial charge in [-0.05, 0) is 44.4 Å². The second-order valence-electron chi connectivity index (χ2n) is 6.62. The van der Waals surface area contributed by atoms with Crippen LogP contribution in [0.2, 0.25) is 0 Å². The highest BCUT2D eigenvalue weighted by Crippen LogP contribution is 2.48. The number of hydrogen-bond acceptors (Lipinski definition) is 2. The standard InChI is InChI=1S/C18H27BrN4O.HI/c1-13(2)23-16(24)7-10-21-17(20-3)22-12-18(8-9-18)14-5-4-6-15(19)11-14;/h4-6,11,13H,7-10,12H2,1-3H3,(H,23,24)(H2,20,21,22);1H. The maximum atomic E-state index is 11.7. The van der Waals surface area contributed by atoms with E-state index in [0.717, 1.165) is 17.0 Å². The van der Waals surface area contributed by atoms with Crippen molar-refractivity contribution in [1.29, 1.82) is 0 Å². The molecule has 0 saturated heterocycles. The topological polar surface area (TPSA) is 65.5 Å². The molecule has 0 radical (unpaired) electrons. The molecule has 0 aliphatic heterocycles. The second kappa shape index (κ2) is 10.4. The average molecular weight is 523 g/mol. The number of benzene rings is 1. The minimum atomic E-state index is 0. The fourth-order valence-corrected chi connectivity index (χ4v) is 3.10. The number of amides is 1. The summed E-state index contributed by atoms with van der Waals surface area (Å²) < 4.78 is 1.12. The van der Waals surface area contributed by atoms with Crippen LogP contribution in [0.5, 0.6) is 0 Å². The average Bonchev–Trinajstić information content (AvgIpc) is 3.31. The van der Waals surface area contributed by atoms with E-state index in [1.807, 2.05) is 13.8 Å². The molecule has 0 unspecified atom stereocenters. The Kier molecular flexibility index (Phi) is 9.20. The molecule has 2 rings (SSSR count). The monoisotopic (exact) mass is 522 g/mol. The summed E-state index contributed by atoms with van der Waals surface area (Å²) in [6, 6.07) is 8.69. The molecule has 1 aromatic rings. The first kappa shape index (κ1) is 22.2. The minimum Gasteiger partial charge on any atom is -0.356 e. The molecule has 1 aliphatic rings. The lowest BCUT2D eigenvalue weighted by molar-refractivity contribution is -0.121. The lowest BCUT2D eigenvalue weighted by Crippen LogP contribution is -2.42. The van der Waals surface area contributed by atoms with Crippen LogP contribution < -0.4 is 16.0 Å². The van der Waals surface area contributed by atoms with Crippen molar-refractivity contribution in [1.82, 2.24) is 16.0 Å². The molecule has 7 heteroatoms. The van der Waals surface area contributed by atoms with Crippen LogP contribution in [0.15, 0.2) is 33.7 Å². The summed E-state index contributed by atoms with van der Waals surface area (Å²) >= 11 is 3.55. The smallest absolute Gasteiger partial charge is 0.221 e. The van der Waals surface area contributed by atoms with Gasteiger partial charge in [-0.3, -0.25) is 9.79 Å². The molecule has 0 spiro atoms. The Morgan fingerprint density at radius 2 is 2.04 bits per heavy atom. The first-order valence-electron chi connectivity index (χ1n) is 8.45. The maximum absolute atomic E-state index is 11.7. The zero-order valence-electron chi connectivity index (χ0n) is 15.1. The second-order valence-corrected chi connectivity index (χ2v) is 7.53. The summed E-state index contributed by atoms with van der Waals surface area (Å²) in [6.45, 7) is 5.34. The maximum Gasteiger partial charge on any atom is 0.221 e. The lowest BCUT2D eigenvalue weighted by Gasteiger charge is -2.19. The molecule has 25 heavy (non-hydrogen) atoms. The summed E-state index contributed by atoms with van der Waals surface area (Å²) in [5.41, 5.74) is 1.56. The van der Waals surface area contributed by atoms with Gasteiger partial charge in [-0.1, -0.05) is 28.1 Å². The van der Waals surface area contributed by atoms with Gasteiger partial charge in [-0.2, -0.15) is 0 Å². The third kappa shape index (κ3) is 7.13. The van der Waals surface area contributed by atoms with Crippen molar-refractivity contribution in [3.05, 3.63) is 34.3 Å². The zero-order chi connectivity index (χ0) is 17.6. The van der Waals surface area contributed by atoms with Crippen molar-refractivity contribution in [3.63, 3.8) is 0 Å². The Morgan fingerprint density at radius 3 is 2.60 bits per heavy atom. The van der Waals surface area contributed by atoms with Gasteiger partial charge in [-0.25, -0.2) is 0 Å². The summed E-state index contributed by atoms with van der Waals surface area (Å²) in [5, 5.41) is 9.49. The number of aliphatic imine (C=N–C) groups is 1. The Bertz CT molecular complexity index is 602. The molecule has 1 aliphatic carbocycles. The van der Waals surface area contributed by atoms with Crippen molar-refractivity contribution in [2.24, 2.45) is 4.99 Å². The van der Waals surface area contributed by atoms with Gasteiger partial charge in [0, 0.05) is 42.5 Å². The number of halogens is 2. The Balaban J connectivity index is 0.00000312. The molecule has 3 N–H and O–H groups in total. The van der Waals surface area contributed by atoms with E-state index in [4.69, 9.17) is 0 Å². The third-order valence-electron chi connectivity index (χ3n) is 4.20. The van der Waals surface area contributed by atoms with E-state index in [2.05, 4.69) is 61.1 Å². The number of carbonyl (C=O) groups is 1. The van der Waals surface area contributed by atoms with E-state index in [1.54, 1.807) is 7.05 Å². The molecule has 0 aromatic heterocycles. The quantitative estimate of drug-likeness (QED) is 0.293. The SMILES string of the molecule is CN=C(NCCC(=O)NC(C)C)NCC1(c2cccc(Br)c2)CC1.I. The van der Waals surface area contributed by atoms with E-state index >= 15 is 0 Å². The van der Waals surface area contributed by atoms with Gasteiger partial charge in [-0.15, -0.1) is 24.0 Å². The first-order chi connectivity index (χ1) is 11.4. The fraction of sp³-hybridized carbons (Fsp3) is 0.556. The Labute approximate surface area is 176 Å². The molecule has 140 valence electrons. The third-order valence-corrected chi connectivity index (χ3v) is 4.70. The lowest BCUT2D eigenvalue weighted by atomic mass is 9.96. The van der Waals surface area contributed by atoms with Crippen molar-refractivity contribution in [2.75, 3.05) is 20.1 Å². The van der Waals surface area contributed by atoms with Crippen LogP contribution in [-0.4, -0.2) is 38.0 Å². The Morgan fingerprint density at radius 1 is 1.32 bits per heavy atom. The van der Waals surface area contributed by atoms with Gasteiger partial charge in [0.2, 0.25) is 5.91 Å². The van der Waals surface area contributed by atoms with Gasteiger partial charge < -0.3 is 16.0 Å². The predicted octanol–water partition coefficient (Wildman–Crippen LogP) is 3.18. The highest BCUT2D eigenvalue weighted by Gasteiger charge is 2.44. The number of carbonyl (C=O) groups excluding carboxylic acids is 1. The van der Waals surface area contributed by atoms with Crippen LogP contribution in [0.3, 0.4) is 0 Å². The number of nitrogens with zero attached hydrogens (tertiary/aromatic N) is 1. The molecule has 1 fully saturated rings. The van der Waals surface area contributed by atoms with Crippen molar-refractivity contribution in [2.45, 2.75) is 44.6 Å².